The lowest BCUT2D eigenvalue weighted by Crippen LogP contribution is -2.13. The number of benzene rings is 2. The molecule has 0 aliphatic rings. The molecule has 136 valence electrons. The summed E-state index contributed by atoms with van der Waals surface area (Å²) in [5, 5.41) is 4.86. The highest BCUT2D eigenvalue weighted by atomic mass is 19.1. The van der Waals surface area contributed by atoms with Crippen molar-refractivity contribution in [2.45, 2.75) is 12.8 Å². The van der Waals surface area contributed by atoms with Gasteiger partial charge in [-0.25, -0.2) is 9.37 Å². The van der Waals surface area contributed by atoms with E-state index < -0.39 is 0 Å². The predicted octanol–water partition coefficient (Wildman–Crippen LogP) is 4.44. The van der Waals surface area contributed by atoms with Crippen LogP contribution in [-0.2, 0) is 11.2 Å². The minimum atomic E-state index is -0.298. The van der Waals surface area contributed by atoms with Gasteiger partial charge in [0.15, 0.2) is 5.82 Å². The van der Waals surface area contributed by atoms with Gasteiger partial charge in [-0.2, -0.15) is 0 Å². The molecule has 0 saturated heterocycles. The number of carbonyl (C=O) groups is 1. The van der Waals surface area contributed by atoms with E-state index in [1.807, 2.05) is 24.3 Å². The van der Waals surface area contributed by atoms with Crippen molar-refractivity contribution in [3.63, 3.8) is 0 Å². The summed E-state index contributed by atoms with van der Waals surface area (Å²) >= 11 is 0. The molecule has 6 heteroatoms. The van der Waals surface area contributed by atoms with Crippen LogP contribution in [0.4, 0.5) is 10.2 Å². The summed E-state index contributed by atoms with van der Waals surface area (Å²) in [4.78, 5) is 20.0. The third kappa shape index (κ3) is 3.46. The normalized spacial score (nSPS) is 11.0. The number of hydrogen-bond acceptors (Lipinski definition) is 3. The molecule has 0 bridgehead atoms. The largest absolute Gasteiger partial charge is 0.497 e. The molecule has 27 heavy (non-hydrogen) atoms. The zero-order chi connectivity index (χ0) is 18.8. The van der Waals surface area contributed by atoms with Crippen molar-refractivity contribution in [2.24, 2.45) is 0 Å². The van der Waals surface area contributed by atoms with Crippen LogP contribution in [0.3, 0.4) is 0 Å². The van der Waals surface area contributed by atoms with E-state index in [1.54, 1.807) is 25.4 Å². The van der Waals surface area contributed by atoms with Crippen LogP contribution >= 0.6 is 0 Å². The lowest BCUT2D eigenvalue weighted by atomic mass is 10.1. The number of fused-ring (bicyclic) bond motifs is 3. The van der Waals surface area contributed by atoms with Crippen molar-refractivity contribution in [3.8, 4) is 5.75 Å². The summed E-state index contributed by atoms with van der Waals surface area (Å²) in [5.74, 6) is 0.762. The van der Waals surface area contributed by atoms with Crippen LogP contribution in [0.1, 0.15) is 12.0 Å². The Kier molecular flexibility index (Phi) is 4.46. The number of aromatic nitrogens is 2. The van der Waals surface area contributed by atoms with Gasteiger partial charge in [0.1, 0.15) is 11.6 Å². The highest BCUT2D eigenvalue weighted by molar-refractivity contribution is 6.12. The second-order valence-corrected chi connectivity index (χ2v) is 6.30. The number of anilines is 1. The summed E-state index contributed by atoms with van der Waals surface area (Å²) in [6, 6.07) is 14.0. The predicted molar refractivity (Wildman–Crippen MR) is 104 cm³/mol. The SMILES string of the molecule is COc1ccc2c(c1)[nH]c1c(NC(=O)CCc3cccc(F)c3)nccc12. The van der Waals surface area contributed by atoms with E-state index in [0.29, 0.717) is 12.2 Å². The minimum absolute atomic E-state index is 0.171. The van der Waals surface area contributed by atoms with Gasteiger partial charge < -0.3 is 15.0 Å². The molecule has 2 N–H and O–H groups in total. The fraction of sp³-hybridized carbons (Fsp3) is 0.143. The van der Waals surface area contributed by atoms with Gasteiger partial charge in [-0.1, -0.05) is 12.1 Å². The second kappa shape index (κ2) is 7.07. The van der Waals surface area contributed by atoms with Gasteiger partial charge in [0, 0.05) is 29.5 Å². The number of aryl methyl sites for hydroxylation is 1. The summed E-state index contributed by atoms with van der Waals surface area (Å²) < 4.78 is 18.5. The zero-order valence-electron chi connectivity index (χ0n) is 14.8. The number of carbonyl (C=O) groups excluding carboxylic acids is 1. The topological polar surface area (TPSA) is 67.0 Å². The summed E-state index contributed by atoms with van der Waals surface area (Å²) in [6.45, 7) is 0. The molecule has 0 fully saturated rings. The molecule has 0 spiro atoms. The van der Waals surface area contributed by atoms with Crippen molar-refractivity contribution in [2.75, 3.05) is 12.4 Å². The molecule has 4 aromatic rings. The number of halogens is 1. The van der Waals surface area contributed by atoms with Crippen molar-refractivity contribution < 1.29 is 13.9 Å². The molecule has 0 aliphatic heterocycles. The highest BCUT2D eigenvalue weighted by Gasteiger charge is 2.12. The average Bonchev–Trinajstić information content (AvgIpc) is 3.05. The molecule has 0 saturated carbocycles. The standard InChI is InChI=1S/C21H18FN3O2/c1-27-15-6-7-16-17-9-10-23-21(20(17)24-18(16)12-15)25-19(26)8-5-13-3-2-4-14(22)11-13/h2-4,6-7,9-12,24H,5,8H2,1H3,(H,23,25,26). The number of amides is 1. The van der Waals surface area contributed by atoms with Crippen LogP contribution in [0, 0.1) is 5.82 Å². The Bertz CT molecular complexity index is 1140. The number of H-pyrrole nitrogens is 1. The van der Waals surface area contributed by atoms with Crippen molar-refractivity contribution >= 4 is 33.5 Å². The fourth-order valence-corrected chi connectivity index (χ4v) is 3.18. The van der Waals surface area contributed by atoms with E-state index in [4.69, 9.17) is 4.74 Å². The van der Waals surface area contributed by atoms with Crippen molar-refractivity contribution in [1.82, 2.24) is 9.97 Å². The minimum Gasteiger partial charge on any atom is -0.497 e. The maximum Gasteiger partial charge on any atom is 0.225 e. The molecule has 0 radical (unpaired) electrons. The maximum atomic E-state index is 13.2. The van der Waals surface area contributed by atoms with Crippen LogP contribution in [0.15, 0.2) is 54.7 Å². The molecule has 2 aromatic carbocycles. The van der Waals surface area contributed by atoms with E-state index in [1.165, 1.54) is 12.1 Å². The summed E-state index contributed by atoms with van der Waals surface area (Å²) in [6.07, 6.45) is 2.38. The quantitative estimate of drug-likeness (QED) is 0.551. The third-order valence-electron chi connectivity index (χ3n) is 4.52. The third-order valence-corrected chi connectivity index (χ3v) is 4.52. The van der Waals surface area contributed by atoms with Crippen molar-refractivity contribution in [1.29, 1.82) is 0 Å². The van der Waals surface area contributed by atoms with Gasteiger partial charge in [0.25, 0.3) is 0 Å². The molecule has 2 aromatic heterocycles. The number of methoxy groups -OCH3 is 1. The number of pyridine rings is 1. The Hall–Kier alpha value is -3.41. The lowest BCUT2D eigenvalue weighted by molar-refractivity contribution is -0.116. The van der Waals surface area contributed by atoms with Gasteiger partial charge in [0.05, 0.1) is 18.1 Å². The Labute approximate surface area is 155 Å². The molecule has 0 unspecified atom stereocenters. The van der Waals surface area contributed by atoms with Crippen LogP contribution < -0.4 is 10.1 Å². The first-order valence-electron chi connectivity index (χ1n) is 8.63. The number of rotatable bonds is 5. The number of hydrogen-bond donors (Lipinski definition) is 2. The summed E-state index contributed by atoms with van der Waals surface area (Å²) in [5.41, 5.74) is 2.46. The Morgan fingerprint density at radius 2 is 2.07 bits per heavy atom. The molecular weight excluding hydrogens is 345 g/mol. The Morgan fingerprint density at radius 1 is 1.19 bits per heavy atom. The van der Waals surface area contributed by atoms with E-state index in [0.717, 1.165) is 33.1 Å². The second-order valence-electron chi connectivity index (χ2n) is 6.30. The van der Waals surface area contributed by atoms with Gasteiger partial charge in [-0.3, -0.25) is 4.79 Å². The molecule has 0 aliphatic carbocycles. The highest BCUT2D eigenvalue weighted by Crippen LogP contribution is 2.31. The first-order chi connectivity index (χ1) is 13.1. The van der Waals surface area contributed by atoms with Gasteiger partial charge >= 0.3 is 0 Å². The van der Waals surface area contributed by atoms with E-state index in [9.17, 15) is 9.18 Å². The smallest absolute Gasteiger partial charge is 0.225 e. The van der Waals surface area contributed by atoms with Crippen LogP contribution in [-0.4, -0.2) is 23.0 Å². The van der Waals surface area contributed by atoms with E-state index in [2.05, 4.69) is 15.3 Å². The van der Waals surface area contributed by atoms with Gasteiger partial charge in [0.2, 0.25) is 5.91 Å². The van der Waals surface area contributed by atoms with E-state index >= 15 is 0 Å². The number of aromatic amines is 1. The fourth-order valence-electron chi connectivity index (χ4n) is 3.18. The molecule has 1 amide bonds. The number of ether oxygens (including phenoxy) is 1. The summed E-state index contributed by atoms with van der Waals surface area (Å²) in [7, 11) is 1.62. The van der Waals surface area contributed by atoms with Crippen LogP contribution in [0.25, 0.3) is 21.8 Å². The van der Waals surface area contributed by atoms with Gasteiger partial charge in [-0.15, -0.1) is 0 Å². The Morgan fingerprint density at radius 3 is 2.89 bits per heavy atom. The Balaban J connectivity index is 1.57. The zero-order valence-corrected chi connectivity index (χ0v) is 14.8. The van der Waals surface area contributed by atoms with Gasteiger partial charge in [-0.05, 0) is 42.3 Å². The molecule has 5 nitrogen and oxygen atoms in total. The molecule has 2 heterocycles. The van der Waals surface area contributed by atoms with E-state index in [-0.39, 0.29) is 18.1 Å². The lowest BCUT2D eigenvalue weighted by Gasteiger charge is -2.06. The number of nitrogens with zero attached hydrogens (tertiary/aromatic N) is 1. The monoisotopic (exact) mass is 363 g/mol. The first kappa shape index (κ1) is 17.0. The van der Waals surface area contributed by atoms with Crippen molar-refractivity contribution in [3.05, 3.63) is 66.1 Å². The molecule has 0 atom stereocenters. The molecular formula is C21H18FN3O2. The van der Waals surface area contributed by atoms with Crippen LogP contribution in [0.2, 0.25) is 0 Å². The average molecular weight is 363 g/mol. The number of nitrogens with one attached hydrogen (secondary N) is 2. The van der Waals surface area contributed by atoms with Crippen LogP contribution in [0.5, 0.6) is 5.75 Å². The first-order valence-corrected chi connectivity index (χ1v) is 8.63. The maximum absolute atomic E-state index is 13.2. The molecule has 4 rings (SSSR count).